The van der Waals surface area contributed by atoms with Gasteiger partial charge in [-0.2, -0.15) is 0 Å². The SMILES string of the molecule is COC(=O)[C@@H](NC(=O)[C@H]1[C@H](NC(=O)[C@H](C)NC(=O)[C@H]2[C@H](NC(=O)[C@@H](NC(=O)[C@H]3[C@H](NC(=O)OC(C)(C)C)[C@H]4C=C[C@@H]3C4)C(C)C)[C@H]3C=C[C@@H]2C3)[C@H]2C=C[C@@H]1C2)C(C)C. The molecule has 15 atom stereocenters. The third-order valence-electron chi connectivity index (χ3n) is 13.0. The van der Waals surface area contributed by atoms with E-state index in [0.717, 1.165) is 0 Å². The highest BCUT2D eigenvalue weighted by molar-refractivity contribution is 5.93. The molecule has 6 rings (SSSR count). The maximum atomic E-state index is 14.0. The third kappa shape index (κ3) is 8.83. The zero-order valence-corrected chi connectivity index (χ0v) is 35.1. The number of methoxy groups -OCH3 is 1. The van der Waals surface area contributed by atoms with Crippen molar-refractivity contribution in [1.82, 2.24) is 31.9 Å². The smallest absolute Gasteiger partial charge is 0.407 e. The lowest BCUT2D eigenvalue weighted by Crippen LogP contribution is -2.59. The fourth-order valence-corrected chi connectivity index (χ4v) is 10.2. The van der Waals surface area contributed by atoms with Crippen molar-refractivity contribution >= 4 is 41.6 Å². The average Bonchev–Trinajstić information content (AvgIpc) is 4.00. The van der Waals surface area contributed by atoms with Crippen LogP contribution >= 0.6 is 0 Å². The van der Waals surface area contributed by atoms with E-state index in [1.54, 1.807) is 27.7 Å². The molecular weight excluding hydrogens is 745 g/mol. The number of carbonyl (C=O) groups is 7. The van der Waals surface area contributed by atoms with Gasteiger partial charge < -0.3 is 41.4 Å². The molecule has 0 unspecified atom stereocenters. The second kappa shape index (κ2) is 16.9. The minimum Gasteiger partial charge on any atom is -0.467 e. The number of allylic oxidation sites excluding steroid dienone is 3. The quantitative estimate of drug-likeness (QED) is 0.112. The van der Waals surface area contributed by atoms with Gasteiger partial charge in [0, 0.05) is 12.1 Å². The summed E-state index contributed by atoms with van der Waals surface area (Å²) in [5.41, 5.74) is -0.702. The lowest BCUT2D eigenvalue weighted by molar-refractivity contribution is -0.147. The summed E-state index contributed by atoms with van der Waals surface area (Å²) in [6, 6.07) is -4.23. The Bertz CT molecular complexity index is 1750. The second-order valence-electron chi connectivity index (χ2n) is 18.9. The number of nitrogens with one attached hydrogen (secondary N) is 6. The standard InChI is InChI=1S/C43H62N6O9/c1-19(2)31(45-38(52)30-24-12-15-27(18-24)35(30)49-42(56)58-43(6,7)8)40(54)48-34-26-14-10-22(16-26)28(34)37(51)44-21(5)36(50)47-33-25-13-11-23(17-25)29(33)39(53)46-32(20(3)4)41(55)57-9/h10-15,19-35H,16-18H2,1-9H3,(H,44,51)(H,45,52)(H,46,53)(H,47,50)(H,48,54)(H,49,56)/t21-,22+,23+,24+,25-,26-,27-,28+,29+,30+,31-,32-,33+,34+,35+/m0/s1. The molecule has 0 heterocycles. The van der Waals surface area contributed by atoms with Crippen molar-refractivity contribution in [2.75, 3.05) is 7.11 Å². The average molecular weight is 807 g/mol. The summed E-state index contributed by atoms with van der Waals surface area (Å²) in [5, 5.41) is 17.7. The molecule has 15 nitrogen and oxygen atoms in total. The van der Waals surface area contributed by atoms with Gasteiger partial charge in [-0.15, -0.1) is 0 Å². The van der Waals surface area contributed by atoms with Crippen molar-refractivity contribution in [3.63, 3.8) is 0 Å². The Hall–Kier alpha value is -4.69. The maximum absolute atomic E-state index is 14.0. The van der Waals surface area contributed by atoms with Crippen LogP contribution < -0.4 is 31.9 Å². The summed E-state index contributed by atoms with van der Waals surface area (Å²) in [4.78, 5) is 94.2. The number of amides is 6. The van der Waals surface area contributed by atoms with E-state index in [9.17, 15) is 33.6 Å². The van der Waals surface area contributed by atoms with E-state index < -0.39 is 83.5 Å². The number of ether oxygens (including phenoxy) is 2. The molecule has 6 N–H and O–H groups in total. The highest BCUT2D eigenvalue weighted by Crippen LogP contribution is 2.46. The van der Waals surface area contributed by atoms with E-state index in [0.29, 0.717) is 19.3 Å². The number of hydrogen-bond acceptors (Lipinski definition) is 9. The monoisotopic (exact) mass is 806 g/mol. The molecule has 0 radical (unpaired) electrons. The van der Waals surface area contributed by atoms with Crippen LogP contribution in [-0.2, 0) is 38.2 Å². The topological polar surface area (TPSA) is 210 Å². The Balaban J connectivity index is 1.07. The predicted octanol–water partition coefficient (Wildman–Crippen LogP) is 2.27. The van der Waals surface area contributed by atoms with Crippen molar-refractivity contribution in [2.24, 2.45) is 65.1 Å². The van der Waals surface area contributed by atoms with Crippen LogP contribution in [0.2, 0.25) is 0 Å². The van der Waals surface area contributed by atoms with Gasteiger partial charge in [0.15, 0.2) is 0 Å². The summed E-state index contributed by atoms with van der Waals surface area (Å²) in [6.07, 6.45) is 13.4. The summed E-state index contributed by atoms with van der Waals surface area (Å²) < 4.78 is 10.4. The van der Waals surface area contributed by atoms with Crippen LogP contribution in [-0.4, -0.2) is 90.6 Å². The van der Waals surface area contributed by atoms with E-state index in [1.807, 2.05) is 64.2 Å². The zero-order chi connectivity index (χ0) is 42.4. The molecule has 58 heavy (non-hydrogen) atoms. The minimum absolute atomic E-state index is 0.0225. The first-order chi connectivity index (χ1) is 27.3. The van der Waals surface area contributed by atoms with Crippen molar-refractivity contribution in [3.05, 3.63) is 36.5 Å². The van der Waals surface area contributed by atoms with E-state index >= 15 is 0 Å². The summed E-state index contributed by atoms with van der Waals surface area (Å²) in [7, 11) is 1.27. The largest absolute Gasteiger partial charge is 0.467 e. The summed E-state index contributed by atoms with van der Waals surface area (Å²) in [6.45, 7) is 14.2. The normalized spacial score (nSPS) is 33.8. The molecule has 6 bridgehead atoms. The van der Waals surface area contributed by atoms with Gasteiger partial charge in [0.25, 0.3) is 0 Å². The molecule has 0 aliphatic heterocycles. The van der Waals surface area contributed by atoms with E-state index in [-0.39, 0.29) is 65.1 Å². The molecule has 3 fully saturated rings. The van der Waals surface area contributed by atoms with Gasteiger partial charge >= 0.3 is 12.1 Å². The van der Waals surface area contributed by atoms with Crippen LogP contribution in [0.1, 0.15) is 74.7 Å². The molecule has 0 aromatic rings. The molecule has 0 saturated heterocycles. The Morgan fingerprint density at radius 2 is 0.914 bits per heavy atom. The van der Waals surface area contributed by atoms with Gasteiger partial charge in [-0.3, -0.25) is 24.0 Å². The maximum Gasteiger partial charge on any atom is 0.407 e. The van der Waals surface area contributed by atoms with Crippen molar-refractivity contribution in [1.29, 1.82) is 0 Å². The predicted molar refractivity (Wildman–Crippen MR) is 213 cm³/mol. The summed E-state index contributed by atoms with van der Waals surface area (Å²) >= 11 is 0. The Morgan fingerprint density at radius 3 is 1.33 bits per heavy atom. The van der Waals surface area contributed by atoms with Gasteiger partial charge in [0.1, 0.15) is 23.7 Å². The van der Waals surface area contributed by atoms with Crippen molar-refractivity contribution < 1.29 is 43.0 Å². The fraction of sp³-hybridized carbons (Fsp3) is 0.698. The minimum atomic E-state index is -0.946. The second-order valence-corrected chi connectivity index (χ2v) is 18.9. The zero-order valence-electron chi connectivity index (χ0n) is 35.1. The highest BCUT2D eigenvalue weighted by Gasteiger charge is 2.53. The Kier molecular flexibility index (Phi) is 12.5. The van der Waals surface area contributed by atoms with Gasteiger partial charge in [-0.1, -0.05) is 64.2 Å². The molecule has 6 aliphatic rings. The number of rotatable bonds is 14. The number of fused-ring (bicyclic) bond motifs is 6. The van der Waals surface area contributed by atoms with Gasteiger partial charge in [0.2, 0.25) is 29.5 Å². The molecule has 318 valence electrons. The first kappa shape index (κ1) is 42.9. The molecular formula is C43H62N6O9. The lowest BCUT2D eigenvalue weighted by Gasteiger charge is -2.33. The molecule has 6 aliphatic carbocycles. The van der Waals surface area contributed by atoms with Crippen LogP contribution in [0.3, 0.4) is 0 Å². The number of carbonyl (C=O) groups excluding carboxylic acids is 7. The molecule has 3 saturated carbocycles. The van der Waals surface area contributed by atoms with Crippen molar-refractivity contribution in [3.8, 4) is 0 Å². The third-order valence-corrected chi connectivity index (χ3v) is 13.0. The highest BCUT2D eigenvalue weighted by atomic mass is 16.6. The fourth-order valence-electron chi connectivity index (χ4n) is 10.2. The number of alkyl carbamates (subject to hydrolysis) is 1. The lowest BCUT2D eigenvalue weighted by atomic mass is 9.86. The van der Waals surface area contributed by atoms with Gasteiger partial charge in [0.05, 0.1) is 30.9 Å². The van der Waals surface area contributed by atoms with Crippen molar-refractivity contribution in [2.45, 2.75) is 117 Å². The summed E-state index contributed by atoms with van der Waals surface area (Å²) in [5.74, 6) is -5.27. The van der Waals surface area contributed by atoms with E-state index in [1.165, 1.54) is 7.11 Å². The molecule has 6 amide bonds. The molecule has 0 aromatic carbocycles. The van der Waals surface area contributed by atoms with E-state index in [2.05, 4.69) is 31.9 Å². The molecule has 0 spiro atoms. The Morgan fingerprint density at radius 1 is 0.534 bits per heavy atom. The number of hydrogen-bond donors (Lipinski definition) is 6. The van der Waals surface area contributed by atoms with Gasteiger partial charge in [-0.05, 0) is 94.3 Å². The Labute approximate surface area is 341 Å². The first-order valence-electron chi connectivity index (χ1n) is 20.9. The van der Waals surface area contributed by atoms with Crippen LogP contribution in [0.25, 0.3) is 0 Å². The van der Waals surface area contributed by atoms with Crippen LogP contribution in [0, 0.1) is 65.1 Å². The van der Waals surface area contributed by atoms with Crippen LogP contribution in [0.4, 0.5) is 4.79 Å². The first-order valence-corrected chi connectivity index (χ1v) is 20.9. The number of esters is 1. The molecule has 15 heteroatoms. The van der Waals surface area contributed by atoms with Gasteiger partial charge in [-0.25, -0.2) is 9.59 Å². The van der Waals surface area contributed by atoms with Crippen LogP contribution in [0.15, 0.2) is 36.5 Å². The molecule has 0 aromatic heterocycles. The van der Waals surface area contributed by atoms with E-state index in [4.69, 9.17) is 9.47 Å². The van der Waals surface area contributed by atoms with Crippen LogP contribution in [0.5, 0.6) is 0 Å².